The molecule has 0 saturated carbocycles. The van der Waals surface area contributed by atoms with E-state index in [0.717, 1.165) is 32.2 Å². The van der Waals surface area contributed by atoms with Gasteiger partial charge in [0.15, 0.2) is 0 Å². The summed E-state index contributed by atoms with van der Waals surface area (Å²) in [6.07, 6.45) is 3.57. The summed E-state index contributed by atoms with van der Waals surface area (Å²) in [5.41, 5.74) is 2.12. The number of hydrogen-bond donors (Lipinski definition) is 1. The number of nitro benzene ring substituents is 1. The van der Waals surface area contributed by atoms with Gasteiger partial charge in [0.25, 0.3) is 11.6 Å². The minimum Gasteiger partial charge on any atom is -0.475 e. The second-order valence-electron chi connectivity index (χ2n) is 11.7. The van der Waals surface area contributed by atoms with E-state index < -0.39 is 23.1 Å². The normalized spacial score (nSPS) is 17.6. The number of nitro groups is 1. The molecule has 1 N–H and O–H groups in total. The molecule has 1 saturated heterocycles. The van der Waals surface area contributed by atoms with Gasteiger partial charge in [-0.3, -0.25) is 19.7 Å². The molecule has 5 rings (SSSR count). The van der Waals surface area contributed by atoms with Crippen molar-refractivity contribution >= 4 is 29.2 Å². The highest BCUT2D eigenvalue weighted by molar-refractivity contribution is 6.05. The maximum Gasteiger partial charge on any atom is 0.490 e. The molecule has 2 aromatic carbocycles. The molecule has 3 aromatic rings. The average molecular weight is 659 g/mol. The number of carboxylic acids is 1. The topological polar surface area (TPSA) is 142 Å². The van der Waals surface area contributed by atoms with Crippen LogP contribution in [-0.4, -0.2) is 85.2 Å². The Kier molecular flexibility index (Phi) is 11.2. The number of carbonyl (C=O) groups excluding carboxylic acids is 2. The van der Waals surface area contributed by atoms with Crippen LogP contribution in [0.3, 0.4) is 0 Å². The number of imidazole rings is 1. The van der Waals surface area contributed by atoms with Crippen molar-refractivity contribution in [2.24, 2.45) is 5.92 Å². The summed E-state index contributed by atoms with van der Waals surface area (Å²) >= 11 is 0. The number of unbranched alkanes of at least 4 members (excludes halogenated alkanes) is 1. The molecule has 0 spiro atoms. The second-order valence-corrected chi connectivity index (χ2v) is 11.7. The van der Waals surface area contributed by atoms with Crippen molar-refractivity contribution in [3.8, 4) is 0 Å². The largest absolute Gasteiger partial charge is 0.490 e. The number of aromatic nitrogens is 2. The van der Waals surface area contributed by atoms with E-state index in [4.69, 9.17) is 9.90 Å². The Morgan fingerprint density at radius 1 is 1.06 bits per heavy atom. The van der Waals surface area contributed by atoms with Gasteiger partial charge in [0.1, 0.15) is 12.2 Å². The summed E-state index contributed by atoms with van der Waals surface area (Å²) in [5.74, 6) is -3.23. The summed E-state index contributed by atoms with van der Waals surface area (Å²) in [6, 6.07) is 14.2. The molecule has 0 radical (unpaired) electrons. The van der Waals surface area contributed by atoms with Crippen LogP contribution in [0, 0.1) is 16.0 Å². The zero-order valence-electron chi connectivity index (χ0n) is 26.0. The first kappa shape index (κ1) is 34.9. The maximum atomic E-state index is 13.9. The lowest BCUT2D eigenvalue weighted by atomic mass is 9.92. The molecule has 47 heavy (non-hydrogen) atoms. The lowest BCUT2D eigenvalue weighted by Gasteiger charge is -2.54. The summed E-state index contributed by atoms with van der Waals surface area (Å²) in [6.45, 7) is 6.31. The van der Waals surface area contributed by atoms with Crippen molar-refractivity contribution < 1.29 is 37.6 Å². The summed E-state index contributed by atoms with van der Waals surface area (Å²) in [4.78, 5) is 57.5. The van der Waals surface area contributed by atoms with Crippen molar-refractivity contribution in [1.29, 1.82) is 0 Å². The van der Waals surface area contributed by atoms with Crippen LogP contribution in [0.4, 0.5) is 24.5 Å². The minimum atomic E-state index is -5.08. The molecule has 2 atom stereocenters. The Hall–Kier alpha value is -4.95. The molecule has 1 aromatic heterocycles. The van der Waals surface area contributed by atoms with Crippen LogP contribution in [0.2, 0.25) is 0 Å². The van der Waals surface area contributed by atoms with Gasteiger partial charge >= 0.3 is 12.1 Å². The molecule has 252 valence electrons. The fourth-order valence-electron chi connectivity index (χ4n) is 5.93. The van der Waals surface area contributed by atoms with Crippen LogP contribution in [-0.2, 0) is 22.6 Å². The summed E-state index contributed by atoms with van der Waals surface area (Å²) in [7, 11) is 0. The number of benzene rings is 2. The van der Waals surface area contributed by atoms with Crippen LogP contribution in [0.1, 0.15) is 49.0 Å². The number of carboxylic acid groups (broad SMARTS) is 1. The molecule has 15 heteroatoms. The fourth-order valence-corrected chi connectivity index (χ4v) is 5.93. The number of aliphatic carboxylic acids is 1. The summed E-state index contributed by atoms with van der Waals surface area (Å²) in [5, 5.41) is 18.7. The lowest BCUT2D eigenvalue weighted by Crippen LogP contribution is -2.71. The number of anilines is 1. The number of aryl methyl sites for hydroxylation is 2. The lowest BCUT2D eigenvalue weighted by molar-refractivity contribution is -0.384. The molecule has 3 heterocycles. The number of non-ortho nitro benzene ring substituents is 1. The molecule has 2 amide bonds. The van der Waals surface area contributed by atoms with Gasteiger partial charge in [-0.1, -0.05) is 44.2 Å². The molecule has 2 aliphatic rings. The molecule has 1 fully saturated rings. The number of nitrogens with zero attached hydrogens (tertiary/aromatic N) is 6. The fraction of sp³-hybridized carbons (Fsp3) is 0.438. The Balaban J connectivity index is 0.000000644. The van der Waals surface area contributed by atoms with Crippen molar-refractivity contribution in [1.82, 2.24) is 19.4 Å². The summed E-state index contributed by atoms with van der Waals surface area (Å²) < 4.78 is 33.7. The van der Waals surface area contributed by atoms with Crippen molar-refractivity contribution in [3.63, 3.8) is 0 Å². The van der Waals surface area contributed by atoms with E-state index in [2.05, 4.69) is 22.0 Å². The van der Waals surface area contributed by atoms with E-state index in [1.165, 1.54) is 17.7 Å². The SMILES string of the molecule is CC(C)C1C(=O)N(CCCCc2ccccc2)CC2N(CCCn3ccnc3)c3ccc([N+](=O)[O-])cc3C(=O)N12.O=C(O)C(F)(F)F. The zero-order valence-corrected chi connectivity index (χ0v) is 26.0. The zero-order chi connectivity index (χ0) is 34.3. The van der Waals surface area contributed by atoms with Gasteiger partial charge in [-0.25, -0.2) is 9.78 Å². The number of hydrogen-bond acceptors (Lipinski definition) is 7. The van der Waals surface area contributed by atoms with E-state index in [-0.39, 0.29) is 35.1 Å². The number of piperazine rings is 1. The third kappa shape index (κ3) is 8.45. The van der Waals surface area contributed by atoms with Crippen LogP contribution in [0.15, 0.2) is 67.3 Å². The van der Waals surface area contributed by atoms with Gasteiger partial charge in [0, 0.05) is 44.2 Å². The molecular weight excluding hydrogens is 621 g/mol. The molecule has 2 aliphatic heterocycles. The number of fused-ring (bicyclic) bond motifs is 2. The van der Waals surface area contributed by atoms with Crippen molar-refractivity contribution in [2.45, 2.75) is 64.5 Å². The number of rotatable bonds is 11. The monoisotopic (exact) mass is 658 g/mol. The molecule has 2 unspecified atom stereocenters. The first-order valence-electron chi connectivity index (χ1n) is 15.3. The van der Waals surface area contributed by atoms with Crippen LogP contribution in [0.25, 0.3) is 0 Å². The number of carbonyl (C=O) groups is 3. The second kappa shape index (κ2) is 15.1. The van der Waals surface area contributed by atoms with Gasteiger partial charge < -0.3 is 24.4 Å². The van der Waals surface area contributed by atoms with Crippen molar-refractivity contribution in [2.75, 3.05) is 24.5 Å². The van der Waals surface area contributed by atoms with E-state index in [0.29, 0.717) is 25.3 Å². The molecule has 0 bridgehead atoms. The number of amides is 2. The van der Waals surface area contributed by atoms with Crippen LogP contribution in [0.5, 0.6) is 0 Å². The third-order valence-corrected chi connectivity index (χ3v) is 8.13. The van der Waals surface area contributed by atoms with E-state index >= 15 is 0 Å². The van der Waals surface area contributed by atoms with E-state index in [1.54, 1.807) is 23.5 Å². The highest BCUT2D eigenvalue weighted by Gasteiger charge is 2.50. The molecular formula is C32H37F3N6O6. The van der Waals surface area contributed by atoms with Crippen LogP contribution < -0.4 is 4.90 Å². The first-order valence-corrected chi connectivity index (χ1v) is 15.3. The van der Waals surface area contributed by atoms with Gasteiger partial charge in [-0.2, -0.15) is 13.2 Å². The average Bonchev–Trinajstić information content (AvgIpc) is 3.55. The quantitative estimate of drug-likeness (QED) is 0.173. The molecule has 12 nitrogen and oxygen atoms in total. The first-order chi connectivity index (χ1) is 22.3. The highest BCUT2D eigenvalue weighted by atomic mass is 19.4. The number of halogens is 3. The minimum absolute atomic E-state index is 0.0495. The number of alkyl halides is 3. The highest BCUT2D eigenvalue weighted by Crippen LogP contribution is 2.38. The van der Waals surface area contributed by atoms with Gasteiger partial charge in [-0.15, -0.1) is 0 Å². The predicted octanol–water partition coefficient (Wildman–Crippen LogP) is 4.99. The standard InChI is InChI=1S/C30H36N6O4.C2HF3O2/c1-22(2)28-30(38)33(16-7-6-11-23-9-4-3-5-10-23)20-27-34(17-8-15-32-18-14-31-21-32)26-13-12-24(36(39)40)19-25(26)29(37)35(27)28;3-2(4,5)1(6)7/h3-5,9-10,12-14,18-19,21-22,27-28H,6-8,11,15-17,20H2,1-2H3;(H,6,7). The Morgan fingerprint density at radius 2 is 1.77 bits per heavy atom. The van der Waals surface area contributed by atoms with Gasteiger partial charge in [0.05, 0.1) is 29.0 Å². The Morgan fingerprint density at radius 3 is 2.36 bits per heavy atom. The van der Waals surface area contributed by atoms with Crippen LogP contribution >= 0.6 is 0 Å². The smallest absolute Gasteiger partial charge is 0.475 e. The van der Waals surface area contributed by atoms with E-state index in [9.17, 15) is 32.9 Å². The van der Waals surface area contributed by atoms with Gasteiger partial charge in [-0.05, 0) is 43.2 Å². The Bertz CT molecular complexity index is 1550. The van der Waals surface area contributed by atoms with Gasteiger partial charge in [0.2, 0.25) is 5.91 Å². The third-order valence-electron chi connectivity index (χ3n) is 8.13. The van der Waals surface area contributed by atoms with E-state index in [1.807, 2.05) is 47.7 Å². The van der Waals surface area contributed by atoms with Crippen molar-refractivity contribution in [3.05, 3.63) is 88.5 Å². The predicted molar refractivity (Wildman–Crippen MR) is 166 cm³/mol. The molecule has 0 aliphatic carbocycles. The Labute approximate surface area is 269 Å². The maximum absolute atomic E-state index is 13.9.